The Kier molecular flexibility index (Phi) is 5.31. The Morgan fingerprint density at radius 1 is 1.17 bits per heavy atom. The standard InChI is InChI=1S/C15H30O2S/c1-12(16)13-7-9-14(10-8-13)17-11-18(5,6)15(2,3)4/h13-14H,7-11H2,1-6H3. The number of ether oxygens (including phenoxy) is 1. The summed E-state index contributed by atoms with van der Waals surface area (Å²) in [6.07, 6.45) is 9.25. The van der Waals surface area contributed by atoms with Crippen LogP contribution in [-0.2, 0) is 9.53 Å². The van der Waals surface area contributed by atoms with E-state index in [4.69, 9.17) is 4.74 Å². The first-order chi connectivity index (χ1) is 8.13. The fraction of sp³-hybridized carbons (Fsp3) is 0.933. The quantitative estimate of drug-likeness (QED) is 0.775. The average Bonchev–Trinajstić information content (AvgIpc) is 2.25. The summed E-state index contributed by atoms with van der Waals surface area (Å²) in [6.45, 7) is 8.63. The van der Waals surface area contributed by atoms with Gasteiger partial charge in [0.25, 0.3) is 0 Å². The van der Waals surface area contributed by atoms with Crippen molar-refractivity contribution in [3.63, 3.8) is 0 Å². The van der Waals surface area contributed by atoms with Crippen LogP contribution in [0.2, 0.25) is 0 Å². The third-order valence-corrected chi connectivity index (χ3v) is 8.55. The van der Waals surface area contributed by atoms with E-state index in [0.29, 0.717) is 22.6 Å². The maximum Gasteiger partial charge on any atom is 0.132 e. The highest BCUT2D eigenvalue weighted by Crippen LogP contribution is 2.53. The maximum absolute atomic E-state index is 11.3. The molecule has 0 unspecified atom stereocenters. The molecule has 0 aliphatic heterocycles. The van der Waals surface area contributed by atoms with Gasteiger partial charge in [-0.15, -0.1) is 0 Å². The van der Waals surface area contributed by atoms with Gasteiger partial charge in [-0.25, -0.2) is 10.0 Å². The lowest BCUT2D eigenvalue weighted by atomic mass is 9.85. The highest BCUT2D eigenvalue weighted by molar-refractivity contribution is 8.33. The molecule has 0 aromatic heterocycles. The van der Waals surface area contributed by atoms with Gasteiger partial charge in [-0.2, -0.15) is 0 Å². The summed E-state index contributed by atoms with van der Waals surface area (Å²) in [5, 5.41) is 0. The van der Waals surface area contributed by atoms with Crippen molar-refractivity contribution in [3.05, 3.63) is 0 Å². The minimum absolute atomic E-state index is 0.299. The second-order valence-corrected chi connectivity index (χ2v) is 11.6. The molecule has 0 saturated heterocycles. The molecule has 0 atom stereocenters. The molecule has 1 saturated carbocycles. The Hall–Kier alpha value is -0.0200. The van der Waals surface area contributed by atoms with Crippen molar-refractivity contribution in [2.75, 3.05) is 18.5 Å². The first kappa shape index (κ1) is 16.0. The van der Waals surface area contributed by atoms with E-state index in [0.717, 1.165) is 31.6 Å². The Labute approximate surface area is 114 Å². The van der Waals surface area contributed by atoms with Crippen molar-refractivity contribution in [1.29, 1.82) is 0 Å². The fourth-order valence-corrected chi connectivity index (χ4v) is 2.97. The molecule has 0 N–H and O–H groups in total. The number of hydrogen-bond donors (Lipinski definition) is 0. The molecular formula is C15H30O2S. The monoisotopic (exact) mass is 274 g/mol. The van der Waals surface area contributed by atoms with Crippen molar-refractivity contribution in [3.8, 4) is 0 Å². The van der Waals surface area contributed by atoms with E-state index in [1.165, 1.54) is 0 Å². The van der Waals surface area contributed by atoms with Gasteiger partial charge in [0.2, 0.25) is 0 Å². The van der Waals surface area contributed by atoms with Crippen LogP contribution in [0.25, 0.3) is 0 Å². The zero-order valence-electron chi connectivity index (χ0n) is 12.9. The molecule has 1 fully saturated rings. The molecule has 1 rings (SSSR count). The summed E-state index contributed by atoms with van der Waals surface area (Å²) in [4.78, 5) is 11.3. The molecule has 108 valence electrons. The van der Waals surface area contributed by atoms with Crippen LogP contribution in [0.15, 0.2) is 0 Å². The van der Waals surface area contributed by atoms with Gasteiger partial charge in [-0.3, -0.25) is 4.79 Å². The molecule has 0 radical (unpaired) electrons. The molecule has 0 aromatic carbocycles. The SMILES string of the molecule is CC(=O)C1CCC(OCS(C)(C)C(C)(C)C)CC1. The van der Waals surface area contributed by atoms with Gasteiger partial charge in [0, 0.05) is 5.92 Å². The van der Waals surface area contributed by atoms with Gasteiger partial charge in [-0.05, 0) is 49.9 Å². The lowest BCUT2D eigenvalue weighted by Gasteiger charge is -2.45. The number of hydrogen-bond acceptors (Lipinski definition) is 2. The summed E-state index contributed by atoms with van der Waals surface area (Å²) in [7, 11) is -0.716. The number of ketones is 1. The summed E-state index contributed by atoms with van der Waals surface area (Å²) < 4.78 is 6.46. The average molecular weight is 274 g/mol. The molecule has 2 nitrogen and oxygen atoms in total. The second-order valence-electron chi connectivity index (χ2n) is 7.02. The molecule has 0 heterocycles. The summed E-state index contributed by atoms with van der Waals surface area (Å²) >= 11 is 0. The molecule has 0 aromatic rings. The van der Waals surface area contributed by atoms with E-state index < -0.39 is 10.0 Å². The van der Waals surface area contributed by atoms with Crippen LogP contribution < -0.4 is 0 Å². The van der Waals surface area contributed by atoms with Gasteiger partial charge in [0.15, 0.2) is 0 Å². The summed E-state index contributed by atoms with van der Waals surface area (Å²) in [6, 6.07) is 0. The molecular weight excluding hydrogens is 244 g/mol. The Bertz CT molecular complexity index is 283. The molecule has 1 aliphatic carbocycles. The van der Waals surface area contributed by atoms with Gasteiger partial charge in [0.1, 0.15) is 5.78 Å². The Morgan fingerprint density at radius 2 is 1.67 bits per heavy atom. The normalized spacial score (nSPS) is 27.0. The zero-order valence-corrected chi connectivity index (χ0v) is 13.7. The lowest BCUT2D eigenvalue weighted by molar-refractivity contribution is -0.122. The van der Waals surface area contributed by atoms with Crippen LogP contribution in [0.5, 0.6) is 0 Å². The van der Waals surface area contributed by atoms with E-state index in [-0.39, 0.29) is 0 Å². The summed E-state index contributed by atoms with van der Waals surface area (Å²) in [5.41, 5.74) is 0. The Balaban J connectivity index is 2.36. The highest BCUT2D eigenvalue weighted by atomic mass is 32.3. The number of carbonyl (C=O) groups excluding carboxylic acids is 1. The van der Waals surface area contributed by atoms with Crippen molar-refractivity contribution in [1.82, 2.24) is 0 Å². The second kappa shape index (κ2) is 5.96. The largest absolute Gasteiger partial charge is 0.369 e. The predicted molar refractivity (Wildman–Crippen MR) is 81.6 cm³/mol. The zero-order chi connectivity index (χ0) is 14.0. The van der Waals surface area contributed by atoms with Crippen molar-refractivity contribution >= 4 is 15.8 Å². The van der Waals surface area contributed by atoms with E-state index in [2.05, 4.69) is 33.3 Å². The number of carbonyl (C=O) groups is 1. The smallest absolute Gasteiger partial charge is 0.132 e. The van der Waals surface area contributed by atoms with Gasteiger partial charge in [-0.1, -0.05) is 20.8 Å². The molecule has 0 amide bonds. The van der Waals surface area contributed by atoms with Crippen molar-refractivity contribution < 1.29 is 9.53 Å². The van der Waals surface area contributed by atoms with Crippen LogP contribution in [0.4, 0.5) is 0 Å². The third kappa shape index (κ3) is 4.27. The first-order valence-electron chi connectivity index (χ1n) is 6.96. The van der Waals surface area contributed by atoms with Gasteiger partial charge >= 0.3 is 0 Å². The maximum atomic E-state index is 11.3. The molecule has 0 spiro atoms. The topological polar surface area (TPSA) is 26.3 Å². The van der Waals surface area contributed by atoms with Crippen LogP contribution in [0, 0.1) is 5.92 Å². The molecule has 1 aliphatic rings. The van der Waals surface area contributed by atoms with E-state index in [9.17, 15) is 4.79 Å². The van der Waals surface area contributed by atoms with Crippen LogP contribution >= 0.6 is 10.0 Å². The van der Waals surface area contributed by atoms with Crippen LogP contribution in [0.3, 0.4) is 0 Å². The number of rotatable bonds is 4. The first-order valence-corrected chi connectivity index (χ1v) is 9.58. The number of Topliss-reactive ketones (excluding diaryl/α,β-unsaturated/α-hetero) is 1. The lowest BCUT2D eigenvalue weighted by Crippen LogP contribution is -2.30. The molecule has 0 bridgehead atoms. The predicted octanol–water partition coefficient (Wildman–Crippen LogP) is 3.97. The highest BCUT2D eigenvalue weighted by Gasteiger charge is 2.30. The van der Waals surface area contributed by atoms with Crippen LogP contribution in [0.1, 0.15) is 53.4 Å². The Morgan fingerprint density at radius 3 is 2.06 bits per heavy atom. The fourth-order valence-electron chi connectivity index (χ4n) is 2.08. The van der Waals surface area contributed by atoms with E-state index in [1.54, 1.807) is 6.92 Å². The van der Waals surface area contributed by atoms with Crippen molar-refractivity contribution in [2.45, 2.75) is 64.2 Å². The van der Waals surface area contributed by atoms with Crippen molar-refractivity contribution in [2.24, 2.45) is 5.92 Å². The molecule has 3 heteroatoms. The minimum atomic E-state index is -0.716. The van der Waals surface area contributed by atoms with Gasteiger partial charge in [0.05, 0.1) is 12.0 Å². The van der Waals surface area contributed by atoms with Gasteiger partial charge < -0.3 is 4.74 Å². The summed E-state index contributed by atoms with van der Waals surface area (Å²) in [5.74, 6) is 1.55. The third-order valence-electron chi connectivity index (χ3n) is 4.51. The molecule has 18 heavy (non-hydrogen) atoms. The van der Waals surface area contributed by atoms with E-state index in [1.807, 2.05) is 0 Å². The van der Waals surface area contributed by atoms with E-state index >= 15 is 0 Å². The minimum Gasteiger partial charge on any atom is -0.369 e. The van der Waals surface area contributed by atoms with Crippen LogP contribution in [-0.4, -0.2) is 35.1 Å².